The fraction of sp³-hybridized carbons (Fsp3) is 0.385. The van der Waals surface area contributed by atoms with E-state index < -0.39 is 11.6 Å². The van der Waals surface area contributed by atoms with Crippen molar-refractivity contribution in [1.82, 2.24) is 0 Å². The molecule has 0 saturated carbocycles. The summed E-state index contributed by atoms with van der Waals surface area (Å²) in [7, 11) is 0. The maximum atomic E-state index is 11.6. The minimum atomic E-state index is -1.11. The summed E-state index contributed by atoms with van der Waals surface area (Å²) >= 11 is 5.78. The van der Waals surface area contributed by atoms with Gasteiger partial charge in [0.1, 0.15) is 6.61 Å². The SMILES string of the molecule is CC(C)(C)OCC(=O)Nc1cc(Cl)cc(C(=O)O)c1. The molecule has 0 aromatic heterocycles. The van der Waals surface area contributed by atoms with Gasteiger partial charge in [-0.1, -0.05) is 11.6 Å². The number of halogens is 1. The molecule has 0 unspecified atom stereocenters. The number of hydrogen-bond donors (Lipinski definition) is 2. The Bertz CT molecular complexity index is 494. The smallest absolute Gasteiger partial charge is 0.335 e. The molecule has 2 N–H and O–H groups in total. The molecule has 6 heteroatoms. The predicted molar refractivity (Wildman–Crippen MR) is 72.7 cm³/mol. The molecule has 104 valence electrons. The summed E-state index contributed by atoms with van der Waals surface area (Å²) in [6.45, 7) is 5.39. The lowest BCUT2D eigenvalue weighted by molar-refractivity contribution is -0.125. The van der Waals surface area contributed by atoms with Crippen LogP contribution >= 0.6 is 11.6 Å². The third-order valence-electron chi connectivity index (χ3n) is 2.06. The normalized spacial score (nSPS) is 11.2. The van der Waals surface area contributed by atoms with Crippen molar-refractivity contribution in [2.24, 2.45) is 0 Å². The average Bonchev–Trinajstić information content (AvgIpc) is 2.24. The van der Waals surface area contributed by atoms with Gasteiger partial charge in [-0.25, -0.2) is 4.79 Å². The van der Waals surface area contributed by atoms with Gasteiger partial charge in [-0.3, -0.25) is 4.79 Å². The summed E-state index contributed by atoms with van der Waals surface area (Å²) in [5.41, 5.74) is -0.0790. The van der Waals surface area contributed by atoms with E-state index in [0.29, 0.717) is 5.69 Å². The Morgan fingerprint density at radius 2 is 1.95 bits per heavy atom. The van der Waals surface area contributed by atoms with Crippen LogP contribution < -0.4 is 5.32 Å². The Morgan fingerprint density at radius 3 is 2.47 bits per heavy atom. The highest BCUT2D eigenvalue weighted by Gasteiger charge is 2.14. The topological polar surface area (TPSA) is 75.6 Å². The van der Waals surface area contributed by atoms with Gasteiger partial charge < -0.3 is 15.2 Å². The summed E-state index contributed by atoms with van der Waals surface area (Å²) in [6, 6.07) is 4.12. The van der Waals surface area contributed by atoms with E-state index in [0.717, 1.165) is 0 Å². The Balaban J connectivity index is 2.71. The zero-order valence-corrected chi connectivity index (χ0v) is 11.7. The molecule has 0 atom stereocenters. The van der Waals surface area contributed by atoms with Crippen LogP contribution in [0.2, 0.25) is 5.02 Å². The van der Waals surface area contributed by atoms with Crippen molar-refractivity contribution in [3.8, 4) is 0 Å². The highest BCUT2D eigenvalue weighted by atomic mass is 35.5. The maximum Gasteiger partial charge on any atom is 0.335 e. The Kier molecular flexibility index (Phi) is 4.91. The molecule has 0 aliphatic heterocycles. The van der Waals surface area contributed by atoms with Gasteiger partial charge in [0, 0.05) is 10.7 Å². The number of ether oxygens (including phenoxy) is 1. The van der Waals surface area contributed by atoms with Gasteiger partial charge in [0.15, 0.2) is 0 Å². The van der Waals surface area contributed by atoms with Crippen LogP contribution in [0.3, 0.4) is 0 Å². The van der Waals surface area contributed by atoms with E-state index in [1.165, 1.54) is 18.2 Å². The first-order valence-corrected chi connectivity index (χ1v) is 6.03. The van der Waals surface area contributed by atoms with Gasteiger partial charge in [-0.05, 0) is 39.0 Å². The van der Waals surface area contributed by atoms with Crippen molar-refractivity contribution in [1.29, 1.82) is 0 Å². The van der Waals surface area contributed by atoms with E-state index in [-0.39, 0.29) is 23.1 Å². The number of benzene rings is 1. The predicted octanol–water partition coefficient (Wildman–Crippen LogP) is 2.79. The molecule has 0 aliphatic carbocycles. The molecule has 0 heterocycles. The van der Waals surface area contributed by atoms with Crippen LogP contribution in [0.15, 0.2) is 18.2 Å². The molecule has 1 aromatic carbocycles. The van der Waals surface area contributed by atoms with E-state index >= 15 is 0 Å². The first-order chi connectivity index (χ1) is 8.67. The zero-order chi connectivity index (χ0) is 14.6. The fourth-order valence-electron chi connectivity index (χ4n) is 1.26. The first-order valence-electron chi connectivity index (χ1n) is 5.65. The molecule has 1 aromatic rings. The van der Waals surface area contributed by atoms with Crippen molar-refractivity contribution in [2.75, 3.05) is 11.9 Å². The quantitative estimate of drug-likeness (QED) is 0.892. The zero-order valence-electron chi connectivity index (χ0n) is 11.0. The van der Waals surface area contributed by atoms with Crippen molar-refractivity contribution in [2.45, 2.75) is 26.4 Å². The van der Waals surface area contributed by atoms with Gasteiger partial charge in [0.2, 0.25) is 5.91 Å². The molecule has 0 saturated heterocycles. The Labute approximate surface area is 116 Å². The van der Waals surface area contributed by atoms with Crippen molar-refractivity contribution < 1.29 is 19.4 Å². The van der Waals surface area contributed by atoms with Gasteiger partial charge in [-0.2, -0.15) is 0 Å². The summed E-state index contributed by atoms with van der Waals surface area (Å²) in [5.74, 6) is -1.47. The van der Waals surface area contributed by atoms with Crippen molar-refractivity contribution >= 4 is 29.2 Å². The van der Waals surface area contributed by atoms with Gasteiger partial charge in [-0.15, -0.1) is 0 Å². The Hall–Kier alpha value is -1.59. The molecular weight excluding hydrogens is 270 g/mol. The van der Waals surface area contributed by atoms with Gasteiger partial charge in [0.05, 0.1) is 11.2 Å². The minimum absolute atomic E-state index is 0.0135. The lowest BCUT2D eigenvalue weighted by Crippen LogP contribution is -2.27. The lowest BCUT2D eigenvalue weighted by Gasteiger charge is -2.19. The number of carbonyl (C=O) groups excluding carboxylic acids is 1. The molecule has 0 spiro atoms. The van der Waals surface area contributed by atoms with Crippen LogP contribution in [0.5, 0.6) is 0 Å². The Morgan fingerprint density at radius 1 is 1.32 bits per heavy atom. The second-order valence-electron chi connectivity index (χ2n) is 4.98. The summed E-state index contributed by atoms with van der Waals surface area (Å²) in [6.07, 6.45) is 0. The number of amides is 1. The molecule has 5 nitrogen and oxygen atoms in total. The monoisotopic (exact) mass is 285 g/mol. The number of anilines is 1. The van der Waals surface area contributed by atoms with Crippen LogP contribution in [-0.2, 0) is 9.53 Å². The van der Waals surface area contributed by atoms with Gasteiger partial charge in [0.25, 0.3) is 0 Å². The molecule has 0 aliphatic rings. The lowest BCUT2D eigenvalue weighted by atomic mass is 10.2. The van der Waals surface area contributed by atoms with Crippen LogP contribution in [0.4, 0.5) is 5.69 Å². The van der Waals surface area contributed by atoms with Crippen LogP contribution in [0.25, 0.3) is 0 Å². The number of carboxylic acid groups (broad SMARTS) is 1. The van der Waals surface area contributed by atoms with E-state index in [2.05, 4.69) is 5.32 Å². The van der Waals surface area contributed by atoms with Crippen LogP contribution in [-0.4, -0.2) is 29.2 Å². The van der Waals surface area contributed by atoms with Gasteiger partial charge >= 0.3 is 5.97 Å². The second kappa shape index (κ2) is 6.04. The maximum absolute atomic E-state index is 11.6. The number of hydrogen-bond acceptors (Lipinski definition) is 3. The molecular formula is C13H16ClNO4. The molecule has 19 heavy (non-hydrogen) atoms. The second-order valence-corrected chi connectivity index (χ2v) is 5.42. The number of carbonyl (C=O) groups is 2. The molecule has 0 fully saturated rings. The first kappa shape index (κ1) is 15.5. The molecule has 1 rings (SSSR count). The number of aromatic carboxylic acids is 1. The third-order valence-corrected chi connectivity index (χ3v) is 2.28. The molecule has 0 radical (unpaired) electrons. The standard InChI is InChI=1S/C13H16ClNO4/c1-13(2,3)19-7-11(16)15-10-5-8(12(17)18)4-9(14)6-10/h4-6H,7H2,1-3H3,(H,15,16)(H,17,18). The fourth-order valence-corrected chi connectivity index (χ4v) is 1.50. The third kappa shape index (κ3) is 5.72. The van der Waals surface area contributed by atoms with Crippen LogP contribution in [0.1, 0.15) is 31.1 Å². The van der Waals surface area contributed by atoms with E-state index in [4.69, 9.17) is 21.4 Å². The molecule has 0 bridgehead atoms. The highest BCUT2D eigenvalue weighted by Crippen LogP contribution is 2.19. The number of carboxylic acids is 1. The van der Waals surface area contributed by atoms with Crippen molar-refractivity contribution in [3.63, 3.8) is 0 Å². The van der Waals surface area contributed by atoms with E-state index in [1.807, 2.05) is 20.8 Å². The summed E-state index contributed by atoms with van der Waals surface area (Å²) in [5, 5.41) is 11.7. The highest BCUT2D eigenvalue weighted by molar-refractivity contribution is 6.31. The summed E-state index contributed by atoms with van der Waals surface area (Å²) in [4.78, 5) is 22.5. The largest absolute Gasteiger partial charge is 0.478 e. The van der Waals surface area contributed by atoms with Crippen molar-refractivity contribution in [3.05, 3.63) is 28.8 Å². The van der Waals surface area contributed by atoms with E-state index in [1.54, 1.807) is 0 Å². The average molecular weight is 286 g/mol. The number of nitrogens with one attached hydrogen (secondary N) is 1. The number of rotatable bonds is 4. The minimum Gasteiger partial charge on any atom is -0.478 e. The van der Waals surface area contributed by atoms with E-state index in [9.17, 15) is 9.59 Å². The van der Waals surface area contributed by atoms with Crippen LogP contribution in [0, 0.1) is 0 Å². The summed E-state index contributed by atoms with van der Waals surface area (Å²) < 4.78 is 5.31. The molecule has 1 amide bonds.